The van der Waals surface area contributed by atoms with E-state index >= 15 is 0 Å². The maximum absolute atomic E-state index is 11.9. The third-order valence-corrected chi connectivity index (χ3v) is 3.81. The summed E-state index contributed by atoms with van der Waals surface area (Å²) in [4.78, 5) is 20.5. The Morgan fingerprint density at radius 1 is 1.45 bits per heavy atom. The van der Waals surface area contributed by atoms with Crippen molar-refractivity contribution >= 4 is 5.91 Å². The predicted octanol–water partition coefficient (Wildman–Crippen LogP) is 1.76. The average Bonchev–Trinajstić information content (AvgIpc) is 3.17. The molecule has 1 N–H and O–H groups in total. The zero-order valence-corrected chi connectivity index (χ0v) is 12.7. The number of pyridine rings is 1. The van der Waals surface area contributed by atoms with Gasteiger partial charge < -0.3 is 10.1 Å². The van der Waals surface area contributed by atoms with E-state index in [-0.39, 0.29) is 12.0 Å². The lowest BCUT2D eigenvalue weighted by atomic mass is 10.1. The van der Waals surface area contributed by atoms with Gasteiger partial charge >= 0.3 is 0 Å². The van der Waals surface area contributed by atoms with Gasteiger partial charge in [-0.1, -0.05) is 0 Å². The summed E-state index contributed by atoms with van der Waals surface area (Å²) in [7, 11) is 0. The van der Waals surface area contributed by atoms with E-state index in [2.05, 4.69) is 15.3 Å². The highest BCUT2D eigenvalue weighted by Crippen LogP contribution is 2.15. The van der Waals surface area contributed by atoms with E-state index in [0.29, 0.717) is 13.0 Å². The molecule has 1 amide bonds. The number of carbonyl (C=O) groups excluding carboxylic acids is 1. The van der Waals surface area contributed by atoms with Crippen LogP contribution in [0, 0.1) is 6.92 Å². The number of ether oxygens (including phenoxy) is 1. The molecule has 2 aromatic rings. The fraction of sp³-hybridized carbons (Fsp3) is 0.438. The molecule has 0 aliphatic carbocycles. The monoisotopic (exact) mass is 300 g/mol. The molecule has 0 spiro atoms. The van der Waals surface area contributed by atoms with Gasteiger partial charge in [0, 0.05) is 31.7 Å². The minimum absolute atomic E-state index is 0.0315. The Bertz CT molecular complexity index is 647. The van der Waals surface area contributed by atoms with Crippen LogP contribution < -0.4 is 5.32 Å². The average molecular weight is 300 g/mol. The molecule has 6 nitrogen and oxygen atoms in total. The molecule has 3 rings (SSSR count). The lowest BCUT2D eigenvalue weighted by Crippen LogP contribution is -2.26. The molecular formula is C16H20N4O2. The summed E-state index contributed by atoms with van der Waals surface area (Å²) in [5, 5.41) is 2.94. The van der Waals surface area contributed by atoms with Crippen LogP contribution in [0.25, 0.3) is 5.82 Å². The molecule has 0 unspecified atom stereocenters. The first-order valence-corrected chi connectivity index (χ1v) is 7.56. The van der Waals surface area contributed by atoms with Crippen molar-refractivity contribution < 1.29 is 9.53 Å². The van der Waals surface area contributed by atoms with Crippen LogP contribution >= 0.6 is 0 Å². The zero-order chi connectivity index (χ0) is 15.4. The number of nitrogens with one attached hydrogen (secondary N) is 1. The van der Waals surface area contributed by atoms with E-state index in [1.165, 1.54) is 0 Å². The number of carbonyl (C=O) groups is 1. The van der Waals surface area contributed by atoms with Crippen LogP contribution in [0.1, 0.15) is 30.7 Å². The standard InChI is InChI=1S/C16H20N4O2/c1-12-17-6-7-20(12)15-9-13(4-5-18-15)11-19-16(21)10-14-3-2-8-22-14/h4-7,9,14H,2-3,8,10-11H2,1H3,(H,19,21)/t14-/m1/s1. The van der Waals surface area contributed by atoms with Crippen LogP contribution in [0.5, 0.6) is 0 Å². The second-order valence-electron chi connectivity index (χ2n) is 5.48. The molecule has 2 aromatic heterocycles. The Hall–Kier alpha value is -2.21. The fourth-order valence-electron chi connectivity index (χ4n) is 2.61. The van der Waals surface area contributed by atoms with Gasteiger partial charge in [0.2, 0.25) is 5.91 Å². The Kier molecular flexibility index (Phi) is 4.48. The van der Waals surface area contributed by atoms with Gasteiger partial charge in [-0.2, -0.15) is 0 Å². The summed E-state index contributed by atoms with van der Waals surface area (Å²) in [6.07, 6.45) is 7.92. The summed E-state index contributed by atoms with van der Waals surface area (Å²) < 4.78 is 7.39. The summed E-state index contributed by atoms with van der Waals surface area (Å²) >= 11 is 0. The van der Waals surface area contributed by atoms with E-state index in [1.54, 1.807) is 12.4 Å². The van der Waals surface area contributed by atoms with Crippen LogP contribution in [0.3, 0.4) is 0 Å². The maximum atomic E-state index is 11.9. The van der Waals surface area contributed by atoms with Gasteiger partial charge in [-0.15, -0.1) is 0 Å². The number of rotatable bonds is 5. The van der Waals surface area contributed by atoms with E-state index in [0.717, 1.165) is 36.7 Å². The maximum Gasteiger partial charge on any atom is 0.222 e. The molecule has 0 bridgehead atoms. The van der Waals surface area contributed by atoms with Crippen LogP contribution in [0.15, 0.2) is 30.7 Å². The van der Waals surface area contributed by atoms with Gasteiger partial charge in [-0.25, -0.2) is 9.97 Å². The molecule has 1 atom stereocenters. The van der Waals surface area contributed by atoms with Crippen LogP contribution in [-0.2, 0) is 16.1 Å². The highest BCUT2D eigenvalue weighted by atomic mass is 16.5. The molecule has 3 heterocycles. The van der Waals surface area contributed by atoms with Crippen molar-refractivity contribution in [2.75, 3.05) is 6.61 Å². The predicted molar refractivity (Wildman–Crippen MR) is 81.5 cm³/mol. The zero-order valence-electron chi connectivity index (χ0n) is 12.7. The van der Waals surface area contributed by atoms with E-state index < -0.39 is 0 Å². The van der Waals surface area contributed by atoms with Crippen LogP contribution in [0.2, 0.25) is 0 Å². The van der Waals surface area contributed by atoms with Gasteiger partial charge in [0.1, 0.15) is 11.6 Å². The van der Waals surface area contributed by atoms with E-state index in [4.69, 9.17) is 4.74 Å². The third kappa shape index (κ3) is 3.51. The van der Waals surface area contributed by atoms with Crippen molar-refractivity contribution in [3.8, 4) is 5.82 Å². The topological polar surface area (TPSA) is 69.0 Å². The Morgan fingerprint density at radius 2 is 2.36 bits per heavy atom. The van der Waals surface area contributed by atoms with Crippen molar-refractivity contribution in [1.82, 2.24) is 19.9 Å². The molecule has 6 heteroatoms. The summed E-state index contributed by atoms with van der Waals surface area (Å²) in [6, 6.07) is 3.86. The molecule has 116 valence electrons. The molecule has 1 fully saturated rings. The quantitative estimate of drug-likeness (QED) is 0.913. The van der Waals surface area contributed by atoms with Crippen molar-refractivity contribution in [1.29, 1.82) is 0 Å². The number of aromatic nitrogens is 3. The van der Waals surface area contributed by atoms with Gasteiger partial charge in [0.25, 0.3) is 0 Å². The first-order chi connectivity index (χ1) is 10.7. The highest BCUT2D eigenvalue weighted by Gasteiger charge is 2.18. The number of aryl methyl sites for hydroxylation is 1. The second-order valence-corrected chi connectivity index (χ2v) is 5.48. The van der Waals surface area contributed by atoms with Gasteiger partial charge in [-0.3, -0.25) is 9.36 Å². The molecule has 1 saturated heterocycles. The van der Waals surface area contributed by atoms with Crippen molar-refractivity contribution in [2.45, 2.75) is 38.8 Å². The van der Waals surface area contributed by atoms with Gasteiger partial charge in [-0.05, 0) is 37.5 Å². The Labute approximate surface area is 129 Å². The largest absolute Gasteiger partial charge is 0.378 e. The smallest absolute Gasteiger partial charge is 0.222 e. The number of hydrogen-bond acceptors (Lipinski definition) is 4. The summed E-state index contributed by atoms with van der Waals surface area (Å²) in [5.74, 6) is 1.72. The fourth-order valence-corrected chi connectivity index (χ4v) is 2.61. The molecular weight excluding hydrogens is 280 g/mol. The Balaban J connectivity index is 1.58. The Morgan fingerprint density at radius 3 is 3.09 bits per heavy atom. The minimum Gasteiger partial charge on any atom is -0.378 e. The molecule has 22 heavy (non-hydrogen) atoms. The number of hydrogen-bond donors (Lipinski definition) is 1. The van der Waals surface area contributed by atoms with Crippen LogP contribution in [0.4, 0.5) is 0 Å². The molecule has 0 aromatic carbocycles. The minimum atomic E-state index is 0.0315. The van der Waals surface area contributed by atoms with Gasteiger partial charge in [0.15, 0.2) is 0 Å². The van der Waals surface area contributed by atoms with E-state index in [1.807, 2.05) is 29.8 Å². The van der Waals surface area contributed by atoms with E-state index in [9.17, 15) is 4.79 Å². The molecule has 1 aliphatic rings. The van der Waals surface area contributed by atoms with Crippen LogP contribution in [-0.4, -0.2) is 33.2 Å². The third-order valence-electron chi connectivity index (χ3n) is 3.81. The number of imidazole rings is 1. The summed E-state index contributed by atoms with van der Waals surface area (Å²) in [6.45, 7) is 3.20. The molecule has 0 saturated carbocycles. The lowest BCUT2D eigenvalue weighted by molar-refractivity contribution is -0.123. The first kappa shape index (κ1) is 14.7. The lowest BCUT2D eigenvalue weighted by Gasteiger charge is -2.10. The molecule has 1 aliphatic heterocycles. The summed E-state index contributed by atoms with van der Waals surface area (Å²) in [5.41, 5.74) is 1.01. The normalized spacial score (nSPS) is 17.6. The van der Waals surface area contributed by atoms with Crippen molar-refractivity contribution in [3.63, 3.8) is 0 Å². The van der Waals surface area contributed by atoms with Crippen molar-refractivity contribution in [3.05, 3.63) is 42.1 Å². The van der Waals surface area contributed by atoms with Crippen molar-refractivity contribution in [2.24, 2.45) is 0 Å². The number of amides is 1. The first-order valence-electron chi connectivity index (χ1n) is 7.56. The SMILES string of the molecule is Cc1nccn1-c1cc(CNC(=O)C[C@H]2CCCO2)ccn1. The second kappa shape index (κ2) is 6.70. The molecule has 0 radical (unpaired) electrons. The highest BCUT2D eigenvalue weighted by molar-refractivity contribution is 5.76. The number of nitrogens with zero attached hydrogens (tertiary/aromatic N) is 3. The van der Waals surface area contributed by atoms with Gasteiger partial charge in [0.05, 0.1) is 12.5 Å².